The Kier molecular flexibility index (Phi) is 3.47. The van der Waals surface area contributed by atoms with Gasteiger partial charge in [0.05, 0.1) is 23.7 Å². The van der Waals surface area contributed by atoms with Gasteiger partial charge in [-0.2, -0.15) is 0 Å². The lowest BCUT2D eigenvalue weighted by Crippen LogP contribution is -2.01. The van der Waals surface area contributed by atoms with Crippen LogP contribution in [0.4, 0.5) is 5.69 Å². The van der Waals surface area contributed by atoms with Crippen molar-refractivity contribution in [2.45, 2.75) is 6.10 Å². The van der Waals surface area contributed by atoms with Crippen molar-refractivity contribution in [3.05, 3.63) is 40.5 Å². The molecule has 0 amide bonds. The van der Waals surface area contributed by atoms with Crippen molar-refractivity contribution in [1.29, 1.82) is 0 Å². The molecule has 1 atom stereocenters. The lowest BCUT2D eigenvalue weighted by atomic mass is 10.1. The number of nitrogens with zero attached hydrogens (tertiary/aromatic N) is 1. The maximum Gasteiger partial charge on any atom is 0.279 e. The molecule has 0 spiro atoms. The van der Waals surface area contributed by atoms with Gasteiger partial charge in [-0.15, -0.1) is 6.58 Å². The van der Waals surface area contributed by atoms with Crippen LogP contribution in [0.2, 0.25) is 0 Å². The fourth-order valence-electron chi connectivity index (χ4n) is 1.26. The van der Waals surface area contributed by atoms with Gasteiger partial charge in [0.2, 0.25) is 0 Å². The predicted molar refractivity (Wildman–Crippen MR) is 56.5 cm³/mol. The fourth-order valence-corrected chi connectivity index (χ4v) is 1.26. The second-order valence-electron chi connectivity index (χ2n) is 3.02. The number of hydrogen-bond acceptors (Lipinski definition) is 5. The SMILES string of the molecule is C=CC(O)c1cc(OC)c(O)cc1[N+](=O)[O-]. The molecule has 16 heavy (non-hydrogen) atoms. The van der Waals surface area contributed by atoms with Crippen LogP contribution in [0.25, 0.3) is 0 Å². The van der Waals surface area contributed by atoms with E-state index >= 15 is 0 Å². The van der Waals surface area contributed by atoms with Gasteiger partial charge in [0, 0.05) is 0 Å². The molecular weight excluding hydrogens is 214 g/mol. The maximum absolute atomic E-state index is 10.7. The van der Waals surface area contributed by atoms with E-state index in [1.807, 2.05) is 0 Å². The second kappa shape index (κ2) is 4.63. The monoisotopic (exact) mass is 225 g/mol. The third kappa shape index (κ3) is 2.12. The Bertz CT molecular complexity index is 429. The Labute approximate surface area is 91.6 Å². The number of rotatable bonds is 4. The van der Waals surface area contributed by atoms with Crippen LogP contribution in [0, 0.1) is 10.1 Å². The average molecular weight is 225 g/mol. The number of hydrogen-bond donors (Lipinski definition) is 2. The number of ether oxygens (including phenoxy) is 1. The van der Waals surface area contributed by atoms with Gasteiger partial charge >= 0.3 is 0 Å². The average Bonchev–Trinajstić information content (AvgIpc) is 2.27. The predicted octanol–water partition coefficient (Wildman–Crippen LogP) is 1.53. The zero-order chi connectivity index (χ0) is 12.3. The van der Waals surface area contributed by atoms with Gasteiger partial charge in [-0.3, -0.25) is 10.1 Å². The molecule has 2 N–H and O–H groups in total. The van der Waals surface area contributed by atoms with Crippen molar-refractivity contribution < 1.29 is 19.9 Å². The first kappa shape index (κ1) is 12.0. The van der Waals surface area contributed by atoms with Crippen LogP contribution in [-0.2, 0) is 0 Å². The van der Waals surface area contributed by atoms with Gasteiger partial charge in [0.25, 0.3) is 5.69 Å². The molecule has 0 radical (unpaired) electrons. The summed E-state index contributed by atoms with van der Waals surface area (Å²) in [7, 11) is 1.31. The summed E-state index contributed by atoms with van der Waals surface area (Å²) in [5.74, 6) is -0.296. The van der Waals surface area contributed by atoms with Crippen LogP contribution in [-0.4, -0.2) is 22.2 Å². The molecule has 0 aliphatic rings. The highest BCUT2D eigenvalue weighted by Gasteiger charge is 2.22. The molecule has 0 heterocycles. The summed E-state index contributed by atoms with van der Waals surface area (Å²) >= 11 is 0. The number of phenolic OH excluding ortho intramolecular Hbond substituents is 1. The maximum atomic E-state index is 10.7. The minimum atomic E-state index is -1.19. The molecule has 0 saturated heterocycles. The molecule has 0 saturated carbocycles. The fraction of sp³-hybridized carbons (Fsp3) is 0.200. The summed E-state index contributed by atoms with van der Waals surface area (Å²) in [6, 6.07) is 2.14. The van der Waals surface area contributed by atoms with E-state index in [1.54, 1.807) is 0 Å². The summed E-state index contributed by atoms with van der Waals surface area (Å²) in [6.07, 6.45) is -0.0337. The first-order valence-electron chi connectivity index (χ1n) is 4.37. The summed E-state index contributed by atoms with van der Waals surface area (Å²) < 4.78 is 4.80. The Morgan fingerprint density at radius 2 is 2.25 bits per heavy atom. The number of nitro benzene ring substituents is 1. The van der Waals surface area contributed by atoms with Gasteiger partial charge in [-0.25, -0.2) is 0 Å². The van der Waals surface area contributed by atoms with Gasteiger partial charge in [0.1, 0.15) is 6.10 Å². The molecule has 1 aromatic rings. The summed E-state index contributed by atoms with van der Waals surface area (Å²) in [5.41, 5.74) is -0.361. The molecule has 1 unspecified atom stereocenters. The Morgan fingerprint density at radius 3 is 2.69 bits per heavy atom. The van der Waals surface area contributed by atoms with Gasteiger partial charge in [0.15, 0.2) is 11.5 Å². The molecular formula is C10H11NO5. The normalized spacial score (nSPS) is 11.9. The second-order valence-corrected chi connectivity index (χ2v) is 3.02. The van der Waals surface area contributed by atoms with Gasteiger partial charge < -0.3 is 14.9 Å². The van der Waals surface area contributed by atoms with E-state index < -0.39 is 11.0 Å². The van der Waals surface area contributed by atoms with E-state index in [0.29, 0.717) is 0 Å². The smallest absolute Gasteiger partial charge is 0.279 e. The van der Waals surface area contributed by atoms with Crippen LogP contribution in [0.1, 0.15) is 11.7 Å². The molecule has 0 fully saturated rings. The minimum Gasteiger partial charge on any atom is -0.504 e. The van der Waals surface area contributed by atoms with Crippen molar-refractivity contribution in [3.63, 3.8) is 0 Å². The molecule has 0 aliphatic carbocycles. The number of aliphatic hydroxyl groups is 1. The molecule has 1 rings (SSSR count). The minimum absolute atomic E-state index is 0.0228. The van der Waals surface area contributed by atoms with Crippen LogP contribution < -0.4 is 4.74 Å². The molecule has 0 bridgehead atoms. The van der Waals surface area contributed by atoms with Crippen LogP contribution in [0.3, 0.4) is 0 Å². The highest BCUT2D eigenvalue weighted by atomic mass is 16.6. The Balaban J connectivity index is 3.42. The third-order valence-corrected chi connectivity index (χ3v) is 2.07. The molecule has 6 heteroatoms. The van der Waals surface area contributed by atoms with E-state index in [-0.39, 0.29) is 22.7 Å². The summed E-state index contributed by atoms with van der Waals surface area (Å²) in [5, 5.41) is 29.6. The number of aromatic hydroxyl groups is 1. The molecule has 6 nitrogen and oxygen atoms in total. The number of aliphatic hydroxyl groups excluding tert-OH is 1. The first-order chi connectivity index (χ1) is 7.51. The summed E-state index contributed by atoms with van der Waals surface area (Å²) in [4.78, 5) is 10.0. The highest BCUT2D eigenvalue weighted by Crippen LogP contribution is 2.36. The van der Waals surface area contributed by atoms with E-state index in [2.05, 4.69) is 6.58 Å². The van der Waals surface area contributed by atoms with E-state index in [4.69, 9.17) is 4.74 Å². The van der Waals surface area contributed by atoms with Crippen LogP contribution >= 0.6 is 0 Å². The van der Waals surface area contributed by atoms with Crippen molar-refractivity contribution >= 4 is 5.69 Å². The quantitative estimate of drug-likeness (QED) is 0.460. The molecule has 0 aliphatic heterocycles. The largest absolute Gasteiger partial charge is 0.504 e. The van der Waals surface area contributed by atoms with Gasteiger partial charge in [-0.05, 0) is 6.07 Å². The Morgan fingerprint density at radius 1 is 1.62 bits per heavy atom. The first-order valence-corrected chi connectivity index (χ1v) is 4.37. The molecule has 86 valence electrons. The molecule has 1 aromatic carbocycles. The number of benzene rings is 1. The number of nitro groups is 1. The standard InChI is InChI=1S/C10H11NO5/c1-3-8(12)6-4-10(16-2)9(13)5-7(6)11(14)15/h3-5,8,12-13H,1H2,2H3. The van der Waals surface area contributed by atoms with Crippen molar-refractivity contribution in [2.24, 2.45) is 0 Å². The topological polar surface area (TPSA) is 92.8 Å². The zero-order valence-electron chi connectivity index (χ0n) is 8.58. The highest BCUT2D eigenvalue weighted by molar-refractivity contribution is 5.54. The zero-order valence-corrected chi connectivity index (χ0v) is 8.58. The molecule has 0 aromatic heterocycles. The summed E-state index contributed by atoms with van der Waals surface area (Å²) in [6.45, 7) is 3.34. The number of methoxy groups -OCH3 is 1. The van der Waals surface area contributed by atoms with Crippen molar-refractivity contribution in [2.75, 3.05) is 7.11 Å². The van der Waals surface area contributed by atoms with Crippen molar-refractivity contribution in [3.8, 4) is 11.5 Å². The Hall–Kier alpha value is -2.08. The lowest BCUT2D eigenvalue weighted by Gasteiger charge is -2.10. The lowest BCUT2D eigenvalue weighted by molar-refractivity contribution is -0.386. The van der Waals surface area contributed by atoms with E-state index in [0.717, 1.165) is 12.1 Å². The van der Waals surface area contributed by atoms with Crippen LogP contribution in [0.5, 0.6) is 11.5 Å². The van der Waals surface area contributed by atoms with E-state index in [9.17, 15) is 20.3 Å². The number of phenols is 1. The van der Waals surface area contributed by atoms with Gasteiger partial charge in [-0.1, -0.05) is 6.08 Å². The third-order valence-electron chi connectivity index (χ3n) is 2.07. The van der Waals surface area contributed by atoms with Crippen LogP contribution in [0.15, 0.2) is 24.8 Å². The van der Waals surface area contributed by atoms with E-state index in [1.165, 1.54) is 13.2 Å². The van der Waals surface area contributed by atoms with Crippen molar-refractivity contribution in [1.82, 2.24) is 0 Å².